The molecule has 12 heteroatoms. The summed E-state index contributed by atoms with van der Waals surface area (Å²) in [5.74, 6) is 2.40. The van der Waals surface area contributed by atoms with Gasteiger partial charge in [0, 0.05) is 62.4 Å². The lowest BCUT2D eigenvalue weighted by Gasteiger charge is -2.39. The number of nitrogens with one attached hydrogen (secondary N) is 2. The Morgan fingerprint density at radius 3 is 2.65 bits per heavy atom. The SMILES string of the molecule is COc1cc2c(cc1Nc1ncc(Br)c(Nc3ccc4nccnc4c3P(C)(C)=O)n1)CCN2CC1CN(C)C1. The van der Waals surface area contributed by atoms with Crippen LogP contribution in [0.4, 0.5) is 28.8 Å². The highest BCUT2D eigenvalue weighted by Crippen LogP contribution is 2.42. The lowest BCUT2D eigenvalue weighted by Crippen LogP contribution is -2.49. The van der Waals surface area contributed by atoms with Crippen molar-refractivity contribution in [1.29, 1.82) is 0 Å². The van der Waals surface area contributed by atoms with Gasteiger partial charge in [-0.25, -0.2) is 4.98 Å². The Hall–Kier alpha value is -3.27. The number of fused-ring (bicyclic) bond motifs is 2. The van der Waals surface area contributed by atoms with Gasteiger partial charge in [-0.05, 0) is 66.5 Å². The third-order valence-corrected chi connectivity index (χ3v) is 9.52. The zero-order valence-electron chi connectivity index (χ0n) is 23.0. The van der Waals surface area contributed by atoms with Gasteiger partial charge in [0.1, 0.15) is 24.2 Å². The van der Waals surface area contributed by atoms with Crippen LogP contribution >= 0.6 is 23.1 Å². The summed E-state index contributed by atoms with van der Waals surface area (Å²) in [6, 6.07) is 7.99. The van der Waals surface area contributed by atoms with Crippen LogP contribution in [0.1, 0.15) is 5.56 Å². The molecule has 40 heavy (non-hydrogen) atoms. The second-order valence-electron chi connectivity index (χ2n) is 10.8. The maximum atomic E-state index is 13.3. The topological polar surface area (TPSA) is 108 Å². The van der Waals surface area contributed by atoms with Gasteiger partial charge >= 0.3 is 0 Å². The molecule has 1 fully saturated rings. The number of aromatic nitrogens is 4. The van der Waals surface area contributed by atoms with Crippen molar-refractivity contribution in [2.45, 2.75) is 6.42 Å². The number of methoxy groups -OCH3 is 1. The minimum Gasteiger partial charge on any atom is -0.494 e. The van der Waals surface area contributed by atoms with Gasteiger partial charge in [0.2, 0.25) is 5.95 Å². The van der Waals surface area contributed by atoms with Crippen molar-refractivity contribution in [1.82, 2.24) is 24.8 Å². The third kappa shape index (κ3) is 5.25. The first kappa shape index (κ1) is 26.9. The second kappa shape index (κ2) is 10.6. The minimum absolute atomic E-state index is 0.412. The highest BCUT2D eigenvalue weighted by molar-refractivity contribution is 9.10. The number of nitrogens with zero attached hydrogens (tertiary/aromatic N) is 6. The van der Waals surface area contributed by atoms with Gasteiger partial charge in [-0.1, -0.05) is 0 Å². The molecular formula is C28H32BrN8O2P. The van der Waals surface area contributed by atoms with E-state index in [9.17, 15) is 4.57 Å². The maximum Gasteiger partial charge on any atom is 0.229 e. The fourth-order valence-corrected chi connectivity index (χ4v) is 7.31. The largest absolute Gasteiger partial charge is 0.494 e. The Morgan fingerprint density at radius 1 is 1.10 bits per heavy atom. The molecule has 0 atom stereocenters. The van der Waals surface area contributed by atoms with Gasteiger partial charge < -0.3 is 29.7 Å². The predicted molar refractivity (Wildman–Crippen MR) is 165 cm³/mol. The first-order chi connectivity index (χ1) is 19.2. The van der Waals surface area contributed by atoms with Crippen LogP contribution in [0.5, 0.6) is 5.75 Å². The van der Waals surface area contributed by atoms with E-state index in [1.165, 1.54) is 11.3 Å². The zero-order valence-corrected chi connectivity index (χ0v) is 25.5. The number of ether oxygens (including phenoxy) is 1. The van der Waals surface area contributed by atoms with Crippen LogP contribution in [0.3, 0.4) is 0 Å². The highest BCUT2D eigenvalue weighted by Gasteiger charge is 2.29. The van der Waals surface area contributed by atoms with E-state index in [-0.39, 0.29) is 0 Å². The molecule has 6 rings (SSSR count). The fraction of sp³-hybridized carbons (Fsp3) is 0.357. The van der Waals surface area contributed by atoms with E-state index in [4.69, 9.17) is 9.72 Å². The van der Waals surface area contributed by atoms with Crippen molar-refractivity contribution in [3.8, 4) is 5.75 Å². The molecular weight excluding hydrogens is 591 g/mol. The van der Waals surface area contributed by atoms with E-state index in [0.717, 1.165) is 44.0 Å². The van der Waals surface area contributed by atoms with Gasteiger partial charge in [-0.2, -0.15) is 4.98 Å². The molecule has 2 aliphatic heterocycles. The van der Waals surface area contributed by atoms with Gasteiger partial charge in [-0.3, -0.25) is 9.97 Å². The summed E-state index contributed by atoms with van der Waals surface area (Å²) in [7, 11) is 1.13. The van der Waals surface area contributed by atoms with Crippen LogP contribution in [0.15, 0.2) is 47.3 Å². The molecule has 2 aromatic heterocycles. The predicted octanol–water partition coefficient (Wildman–Crippen LogP) is 4.85. The number of likely N-dealkylation sites (tertiary alicyclic amines) is 1. The van der Waals surface area contributed by atoms with Crippen LogP contribution in [0.2, 0.25) is 0 Å². The van der Waals surface area contributed by atoms with Crippen molar-refractivity contribution in [2.24, 2.45) is 5.92 Å². The number of benzene rings is 2. The van der Waals surface area contributed by atoms with Crippen LogP contribution in [0, 0.1) is 5.92 Å². The zero-order chi connectivity index (χ0) is 28.0. The lowest BCUT2D eigenvalue weighted by atomic mass is 10.0. The Bertz CT molecular complexity index is 1640. The van der Waals surface area contributed by atoms with E-state index in [1.54, 1.807) is 39.0 Å². The molecule has 1 saturated heterocycles. The fourth-order valence-electron chi connectivity index (χ4n) is 5.63. The van der Waals surface area contributed by atoms with Crippen molar-refractivity contribution in [2.75, 3.05) is 69.2 Å². The summed E-state index contributed by atoms with van der Waals surface area (Å²) >= 11 is 3.56. The molecule has 0 amide bonds. The van der Waals surface area contributed by atoms with E-state index >= 15 is 0 Å². The van der Waals surface area contributed by atoms with Crippen molar-refractivity contribution < 1.29 is 9.30 Å². The summed E-state index contributed by atoms with van der Waals surface area (Å²) in [6.45, 7) is 7.86. The van der Waals surface area contributed by atoms with E-state index in [0.29, 0.717) is 44.2 Å². The van der Waals surface area contributed by atoms with Gasteiger partial charge in [0.25, 0.3) is 0 Å². The van der Waals surface area contributed by atoms with Crippen molar-refractivity contribution >= 4 is 68.2 Å². The van der Waals surface area contributed by atoms with Crippen LogP contribution in [-0.4, -0.2) is 78.5 Å². The average Bonchev–Trinajstić information content (AvgIpc) is 3.29. The Labute approximate surface area is 242 Å². The molecule has 0 aliphatic carbocycles. The Balaban J connectivity index is 1.28. The molecule has 0 unspecified atom stereocenters. The van der Waals surface area contributed by atoms with Crippen molar-refractivity contribution in [3.05, 3.63) is 52.9 Å². The number of anilines is 5. The number of hydrogen-bond acceptors (Lipinski definition) is 10. The molecule has 0 saturated carbocycles. The number of halogens is 1. The quantitative estimate of drug-likeness (QED) is 0.265. The van der Waals surface area contributed by atoms with Crippen LogP contribution in [-0.2, 0) is 11.0 Å². The van der Waals surface area contributed by atoms with E-state index < -0.39 is 7.14 Å². The van der Waals surface area contributed by atoms with Crippen LogP contribution in [0.25, 0.3) is 11.0 Å². The standard InChI is InChI=1S/C28H32BrN8O2P/c1-36-14-17(15-36)16-37-10-7-18-11-22(24(39-2)12-23(18)37)34-28-32-13-19(29)27(35-28)33-21-6-5-20-25(31-9-8-30-20)26(21)40(3,4)38/h5-6,8-9,11-13,17H,7,10,14-16H2,1-4H3,(H2,32,33,34,35). The molecule has 4 aromatic rings. The van der Waals surface area contributed by atoms with Crippen molar-refractivity contribution in [3.63, 3.8) is 0 Å². The summed E-state index contributed by atoms with van der Waals surface area (Å²) < 4.78 is 19.8. The Morgan fingerprint density at radius 2 is 1.90 bits per heavy atom. The molecule has 2 N–H and O–H groups in total. The summed E-state index contributed by atoms with van der Waals surface area (Å²) in [5, 5.41) is 7.34. The molecule has 0 radical (unpaired) electrons. The van der Waals surface area contributed by atoms with E-state index in [2.05, 4.69) is 70.5 Å². The number of rotatable bonds is 8. The normalized spacial score (nSPS) is 15.7. The molecule has 0 spiro atoms. The first-order valence-electron chi connectivity index (χ1n) is 13.2. The molecule has 208 valence electrons. The summed E-state index contributed by atoms with van der Waals surface area (Å²) in [4.78, 5) is 22.9. The highest BCUT2D eigenvalue weighted by atomic mass is 79.9. The Kier molecular flexibility index (Phi) is 7.14. The second-order valence-corrected chi connectivity index (χ2v) is 14.8. The lowest BCUT2D eigenvalue weighted by molar-refractivity contribution is 0.139. The average molecular weight is 623 g/mol. The first-order valence-corrected chi connectivity index (χ1v) is 16.6. The third-order valence-electron chi connectivity index (χ3n) is 7.41. The molecule has 4 heterocycles. The smallest absolute Gasteiger partial charge is 0.229 e. The minimum atomic E-state index is -2.72. The van der Waals surface area contributed by atoms with Gasteiger partial charge in [0.05, 0.1) is 33.8 Å². The molecule has 10 nitrogen and oxygen atoms in total. The monoisotopic (exact) mass is 622 g/mol. The van der Waals surface area contributed by atoms with Gasteiger partial charge in [-0.15, -0.1) is 0 Å². The van der Waals surface area contributed by atoms with Crippen LogP contribution < -0.4 is 25.6 Å². The molecule has 2 aromatic carbocycles. The number of hydrogen-bond donors (Lipinski definition) is 2. The summed E-state index contributed by atoms with van der Waals surface area (Å²) in [6.07, 6.45) is 5.93. The molecule has 2 aliphatic rings. The summed E-state index contributed by atoms with van der Waals surface area (Å²) in [5.41, 5.74) is 5.32. The molecule has 0 bridgehead atoms. The van der Waals surface area contributed by atoms with E-state index in [1.807, 2.05) is 12.1 Å². The maximum absolute atomic E-state index is 13.3. The van der Waals surface area contributed by atoms with Gasteiger partial charge in [0.15, 0.2) is 0 Å².